The number of carbonyl (C=O) groups excluding carboxylic acids is 2. The first-order chi connectivity index (χ1) is 16.6. The molecular weight excluding hydrogens is 462 g/mol. The second-order valence-corrected chi connectivity index (χ2v) is 10.8. The summed E-state index contributed by atoms with van der Waals surface area (Å²) in [6.07, 6.45) is 1.16. The second-order valence-electron chi connectivity index (χ2n) is 8.85. The topological polar surface area (TPSA) is 95.6 Å². The quantitative estimate of drug-likeness (QED) is 0.455. The van der Waals surface area contributed by atoms with Gasteiger partial charge < -0.3 is 10.6 Å². The third-order valence-corrected chi connectivity index (χ3v) is 6.62. The van der Waals surface area contributed by atoms with Crippen molar-refractivity contribution in [3.05, 3.63) is 95.1 Å². The average Bonchev–Trinajstić information content (AvgIpc) is 2.81. The fourth-order valence-corrected chi connectivity index (χ4v) is 4.38. The van der Waals surface area contributed by atoms with Gasteiger partial charge in [-0.25, -0.2) is 8.42 Å². The smallest absolute Gasteiger partial charge is 0.255 e. The number of benzene rings is 3. The third kappa shape index (κ3) is 6.93. The lowest BCUT2D eigenvalue weighted by molar-refractivity contribution is 0.0950. The number of carbonyl (C=O) groups is 2. The third-order valence-electron chi connectivity index (χ3n) is 5.48. The Morgan fingerprint density at radius 1 is 0.886 bits per heavy atom. The highest BCUT2D eigenvalue weighted by Crippen LogP contribution is 2.23. The number of sulfonamides is 1. The maximum Gasteiger partial charge on any atom is 0.255 e. The highest BCUT2D eigenvalue weighted by Gasteiger charge is 2.20. The summed E-state index contributed by atoms with van der Waals surface area (Å²) >= 11 is 0. The highest BCUT2D eigenvalue weighted by atomic mass is 32.2. The van der Waals surface area contributed by atoms with Crippen LogP contribution in [0.1, 0.15) is 45.7 Å². The predicted octanol–water partition coefficient (Wildman–Crippen LogP) is 4.60. The van der Waals surface area contributed by atoms with E-state index in [-0.39, 0.29) is 12.5 Å². The van der Waals surface area contributed by atoms with Crippen molar-refractivity contribution < 1.29 is 18.0 Å². The van der Waals surface area contributed by atoms with E-state index in [1.54, 1.807) is 48.5 Å². The van der Waals surface area contributed by atoms with E-state index in [0.29, 0.717) is 35.0 Å². The van der Waals surface area contributed by atoms with Crippen molar-refractivity contribution in [3.63, 3.8) is 0 Å². The minimum absolute atomic E-state index is 0.190. The monoisotopic (exact) mass is 493 g/mol. The fourth-order valence-electron chi connectivity index (χ4n) is 3.50. The fraction of sp³-hybridized carbons (Fsp3) is 0.259. The molecule has 8 heteroatoms. The molecule has 3 aromatic rings. The van der Waals surface area contributed by atoms with Gasteiger partial charge in [0.25, 0.3) is 11.8 Å². The van der Waals surface area contributed by atoms with Crippen LogP contribution in [0.15, 0.2) is 72.8 Å². The number of amides is 2. The van der Waals surface area contributed by atoms with Gasteiger partial charge >= 0.3 is 0 Å². The van der Waals surface area contributed by atoms with Crippen molar-refractivity contribution >= 4 is 33.2 Å². The van der Waals surface area contributed by atoms with E-state index in [0.717, 1.165) is 17.4 Å². The number of nitrogens with one attached hydrogen (secondary N) is 2. The van der Waals surface area contributed by atoms with Gasteiger partial charge in [-0.2, -0.15) is 0 Å². The summed E-state index contributed by atoms with van der Waals surface area (Å²) < 4.78 is 26.3. The molecule has 0 unspecified atom stereocenters. The van der Waals surface area contributed by atoms with E-state index in [1.165, 1.54) is 4.31 Å². The molecule has 0 bridgehead atoms. The highest BCUT2D eigenvalue weighted by molar-refractivity contribution is 7.92. The van der Waals surface area contributed by atoms with Crippen LogP contribution >= 0.6 is 0 Å². The van der Waals surface area contributed by atoms with Crippen LogP contribution in [0.2, 0.25) is 0 Å². The zero-order valence-electron chi connectivity index (χ0n) is 20.4. The van der Waals surface area contributed by atoms with Gasteiger partial charge in [0.2, 0.25) is 10.0 Å². The molecule has 0 radical (unpaired) electrons. The molecule has 0 atom stereocenters. The summed E-state index contributed by atoms with van der Waals surface area (Å²) in [5.74, 6) is -0.355. The van der Waals surface area contributed by atoms with Crippen LogP contribution in [0.25, 0.3) is 0 Å². The van der Waals surface area contributed by atoms with Crippen molar-refractivity contribution in [2.24, 2.45) is 5.92 Å². The first kappa shape index (κ1) is 26.0. The standard InChI is InChI=1S/C27H31N3O4S/c1-19(2)17-28-27(32)24-11-7-8-12-25(24)29-26(31)21-13-15-23(16-14-21)30(35(4,33)34)18-22-10-6-5-9-20(22)3/h5-16,19H,17-18H2,1-4H3,(H,28,32)(H,29,31). The normalized spacial score (nSPS) is 11.2. The summed E-state index contributed by atoms with van der Waals surface area (Å²) in [6.45, 7) is 6.66. The van der Waals surface area contributed by atoms with Gasteiger partial charge in [0.05, 0.1) is 29.7 Å². The Hall–Kier alpha value is -3.65. The molecule has 0 fully saturated rings. The number of hydrogen-bond donors (Lipinski definition) is 2. The van der Waals surface area contributed by atoms with Gasteiger partial charge in [-0.1, -0.05) is 50.2 Å². The minimum Gasteiger partial charge on any atom is -0.352 e. The molecular formula is C27H31N3O4S. The number of nitrogens with zero attached hydrogens (tertiary/aromatic N) is 1. The molecule has 3 rings (SSSR count). The zero-order valence-corrected chi connectivity index (χ0v) is 21.2. The Morgan fingerprint density at radius 2 is 1.51 bits per heavy atom. The van der Waals surface area contributed by atoms with Crippen LogP contribution in [0.4, 0.5) is 11.4 Å². The summed E-state index contributed by atoms with van der Waals surface area (Å²) in [5, 5.41) is 5.65. The molecule has 2 N–H and O–H groups in total. The summed E-state index contributed by atoms with van der Waals surface area (Å²) in [4.78, 5) is 25.4. The number of hydrogen-bond acceptors (Lipinski definition) is 4. The molecule has 0 spiro atoms. The SMILES string of the molecule is Cc1ccccc1CN(c1ccc(C(=O)Nc2ccccc2C(=O)NCC(C)C)cc1)S(C)(=O)=O. The number of para-hydroxylation sites is 1. The first-order valence-corrected chi connectivity index (χ1v) is 13.2. The molecule has 3 aromatic carbocycles. The molecule has 0 aliphatic carbocycles. The maximum atomic E-state index is 12.9. The Morgan fingerprint density at radius 3 is 2.14 bits per heavy atom. The van der Waals surface area contributed by atoms with Gasteiger partial charge in [-0.15, -0.1) is 0 Å². The molecule has 0 aromatic heterocycles. The van der Waals surface area contributed by atoms with Gasteiger partial charge in [-0.3, -0.25) is 13.9 Å². The Labute approximate surface area is 207 Å². The van der Waals surface area contributed by atoms with Gasteiger partial charge in [0, 0.05) is 12.1 Å². The molecule has 7 nitrogen and oxygen atoms in total. The molecule has 0 heterocycles. The molecule has 0 aliphatic rings. The molecule has 184 valence electrons. The molecule has 2 amide bonds. The Bertz CT molecular complexity index is 1300. The predicted molar refractivity (Wildman–Crippen MR) is 140 cm³/mol. The minimum atomic E-state index is -3.55. The van der Waals surface area contributed by atoms with Crippen LogP contribution in [0, 0.1) is 12.8 Å². The molecule has 0 saturated heterocycles. The second kappa shape index (κ2) is 11.2. The van der Waals surface area contributed by atoms with E-state index in [4.69, 9.17) is 0 Å². The van der Waals surface area contributed by atoms with E-state index in [1.807, 2.05) is 45.0 Å². The van der Waals surface area contributed by atoms with Crippen LogP contribution in [-0.4, -0.2) is 33.0 Å². The van der Waals surface area contributed by atoms with Gasteiger partial charge in [0.1, 0.15) is 0 Å². The van der Waals surface area contributed by atoms with Crippen LogP contribution in [0.5, 0.6) is 0 Å². The molecule has 0 aliphatic heterocycles. The Kier molecular flexibility index (Phi) is 8.30. The van der Waals surface area contributed by atoms with Crippen molar-refractivity contribution in [1.82, 2.24) is 5.32 Å². The number of aryl methyl sites for hydroxylation is 1. The van der Waals surface area contributed by atoms with Crippen molar-refractivity contribution in [2.75, 3.05) is 22.4 Å². The van der Waals surface area contributed by atoms with Crippen molar-refractivity contribution in [3.8, 4) is 0 Å². The molecule has 0 saturated carbocycles. The maximum absolute atomic E-state index is 12.9. The number of rotatable bonds is 9. The van der Waals surface area contributed by atoms with Crippen LogP contribution < -0.4 is 14.9 Å². The zero-order chi connectivity index (χ0) is 25.6. The van der Waals surface area contributed by atoms with Gasteiger partial charge in [0.15, 0.2) is 0 Å². The lowest BCUT2D eigenvalue weighted by Crippen LogP contribution is -2.29. The van der Waals surface area contributed by atoms with Crippen LogP contribution in [0.3, 0.4) is 0 Å². The summed E-state index contributed by atoms with van der Waals surface area (Å²) in [6, 6.07) is 20.8. The number of anilines is 2. The molecule has 35 heavy (non-hydrogen) atoms. The van der Waals surface area contributed by atoms with Crippen LogP contribution in [-0.2, 0) is 16.6 Å². The Balaban J connectivity index is 1.79. The largest absolute Gasteiger partial charge is 0.352 e. The first-order valence-electron chi connectivity index (χ1n) is 11.4. The van der Waals surface area contributed by atoms with E-state index in [9.17, 15) is 18.0 Å². The van der Waals surface area contributed by atoms with E-state index >= 15 is 0 Å². The van der Waals surface area contributed by atoms with E-state index in [2.05, 4.69) is 10.6 Å². The summed E-state index contributed by atoms with van der Waals surface area (Å²) in [7, 11) is -3.55. The van der Waals surface area contributed by atoms with Crippen molar-refractivity contribution in [1.29, 1.82) is 0 Å². The lowest BCUT2D eigenvalue weighted by atomic mass is 10.1. The van der Waals surface area contributed by atoms with Gasteiger partial charge in [-0.05, 0) is 60.4 Å². The van der Waals surface area contributed by atoms with E-state index < -0.39 is 15.9 Å². The summed E-state index contributed by atoms with van der Waals surface area (Å²) in [5.41, 5.74) is 3.47. The lowest BCUT2D eigenvalue weighted by Gasteiger charge is -2.23. The van der Waals surface area contributed by atoms with Crippen molar-refractivity contribution in [2.45, 2.75) is 27.3 Å². The average molecular weight is 494 g/mol.